The van der Waals surface area contributed by atoms with Gasteiger partial charge in [-0.1, -0.05) is 76.6 Å². The zero-order valence-corrected chi connectivity index (χ0v) is 13.2. The Bertz CT molecular complexity index is 513. The number of alkyl halides is 1. The molecule has 0 aromatic heterocycles. The summed E-state index contributed by atoms with van der Waals surface area (Å²) in [6, 6.07) is 19.2. The van der Waals surface area contributed by atoms with Gasteiger partial charge in [-0.25, -0.2) is 0 Å². The van der Waals surface area contributed by atoms with Gasteiger partial charge < -0.3 is 9.30 Å². The second kappa shape index (κ2) is 6.51. The lowest BCUT2D eigenvalue weighted by molar-refractivity contribution is 0.213. The second-order valence-corrected chi connectivity index (χ2v) is 9.00. The Hall–Kier alpha value is -0.890. The zero-order chi connectivity index (χ0) is 13.7. The number of methoxy groups -OCH3 is 1. The molecule has 0 saturated carbocycles. The van der Waals surface area contributed by atoms with E-state index in [1.807, 2.05) is 60.7 Å². The molecule has 0 N–H and O–H groups in total. The molecule has 0 aliphatic carbocycles. The minimum Gasteiger partial charge on any atom is -0.383 e. The molecule has 1 atom stereocenters. The average molecular weight is 339 g/mol. The standard InChI is InChI=1S/C15H16BrO2P/c1-18-12-15(16)19(17,13-8-4-2-5-9-13)14-10-6-3-7-11-14/h2-11,15H,12H2,1H3. The number of ether oxygens (including phenoxy) is 1. The topological polar surface area (TPSA) is 26.3 Å². The molecule has 2 nitrogen and oxygen atoms in total. The summed E-state index contributed by atoms with van der Waals surface area (Å²) in [7, 11) is -1.12. The lowest BCUT2D eigenvalue weighted by Crippen LogP contribution is -2.25. The highest BCUT2D eigenvalue weighted by molar-refractivity contribution is 9.11. The third-order valence-electron chi connectivity index (χ3n) is 2.98. The molecule has 0 amide bonds. The molecule has 100 valence electrons. The van der Waals surface area contributed by atoms with Gasteiger partial charge in [-0.2, -0.15) is 0 Å². The lowest BCUT2D eigenvalue weighted by Gasteiger charge is -2.24. The molecule has 0 aliphatic rings. The number of rotatable bonds is 5. The van der Waals surface area contributed by atoms with E-state index < -0.39 is 7.14 Å². The van der Waals surface area contributed by atoms with Crippen molar-refractivity contribution in [2.24, 2.45) is 0 Å². The molecule has 2 aromatic rings. The van der Waals surface area contributed by atoms with Crippen molar-refractivity contribution in [3.8, 4) is 0 Å². The Kier molecular flexibility index (Phi) is 4.98. The van der Waals surface area contributed by atoms with E-state index in [4.69, 9.17) is 4.74 Å². The van der Waals surface area contributed by atoms with E-state index in [1.165, 1.54) is 0 Å². The Morgan fingerprint density at radius 3 is 1.79 bits per heavy atom. The first-order chi connectivity index (χ1) is 9.19. The van der Waals surface area contributed by atoms with Crippen LogP contribution in [0.2, 0.25) is 0 Å². The highest BCUT2D eigenvalue weighted by Gasteiger charge is 2.34. The Labute approximate surface area is 122 Å². The summed E-state index contributed by atoms with van der Waals surface area (Å²) in [4.78, 5) is 0. The molecule has 0 saturated heterocycles. The molecule has 2 aromatic carbocycles. The highest BCUT2D eigenvalue weighted by atomic mass is 79.9. The summed E-state index contributed by atoms with van der Waals surface area (Å²) >= 11 is 3.55. The van der Waals surface area contributed by atoms with Gasteiger partial charge in [0.25, 0.3) is 0 Å². The van der Waals surface area contributed by atoms with E-state index in [1.54, 1.807) is 7.11 Å². The summed E-state index contributed by atoms with van der Waals surface area (Å²) in [5, 5.41) is 1.69. The van der Waals surface area contributed by atoms with E-state index in [-0.39, 0.29) is 4.57 Å². The minimum atomic E-state index is -2.74. The molecule has 0 aliphatic heterocycles. The normalized spacial score (nSPS) is 13.2. The van der Waals surface area contributed by atoms with Crippen LogP contribution in [0.4, 0.5) is 0 Å². The first kappa shape index (κ1) is 14.5. The largest absolute Gasteiger partial charge is 0.383 e. The summed E-state index contributed by atoms with van der Waals surface area (Å²) in [6.07, 6.45) is 0. The quantitative estimate of drug-likeness (QED) is 0.617. The maximum Gasteiger partial charge on any atom is 0.158 e. The highest BCUT2D eigenvalue weighted by Crippen LogP contribution is 2.51. The van der Waals surface area contributed by atoms with Gasteiger partial charge in [-0.3, -0.25) is 0 Å². The summed E-state index contributed by atoms with van der Waals surface area (Å²) in [5.41, 5.74) is 0. The molecule has 0 spiro atoms. The van der Waals surface area contributed by atoms with Gasteiger partial charge >= 0.3 is 0 Å². The number of benzene rings is 2. The van der Waals surface area contributed by atoms with Gasteiger partial charge in [0, 0.05) is 17.7 Å². The average Bonchev–Trinajstić information content (AvgIpc) is 2.48. The van der Waals surface area contributed by atoms with Crippen LogP contribution in [-0.4, -0.2) is 18.3 Å². The van der Waals surface area contributed by atoms with Crippen molar-refractivity contribution in [2.75, 3.05) is 13.7 Å². The first-order valence-electron chi connectivity index (χ1n) is 6.03. The van der Waals surface area contributed by atoms with Crippen molar-refractivity contribution in [1.29, 1.82) is 0 Å². The van der Waals surface area contributed by atoms with Crippen LogP contribution in [0.1, 0.15) is 0 Å². The molecule has 0 heterocycles. The van der Waals surface area contributed by atoms with Gasteiger partial charge in [-0.15, -0.1) is 0 Å². The summed E-state index contributed by atoms with van der Waals surface area (Å²) in [6.45, 7) is 0.404. The molecule has 2 rings (SSSR count). The van der Waals surface area contributed by atoms with Gasteiger partial charge in [-0.05, 0) is 0 Å². The maximum absolute atomic E-state index is 13.6. The Morgan fingerprint density at radius 2 is 1.42 bits per heavy atom. The molecule has 4 heteroatoms. The minimum absolute atomic E-state index is 0.227. The van der Waals surface area contributed by atoms with Gasteiger partial charge in [0.15, 0.2) is 7.14 Å². The number of halogens is 1. The van der Waals surface area contributed by atoms with Crippen molar-refractivity contribution in [1.82, 2.24) is 0 Å². The van der Waals surface area contributed by atoms with Crippen LogP contribution < -0.4 is 10.6 Å². The fourth-order valence-electron chi connectivity index (χ4n) is 2.01. The van der Waals surface area contributed by atoms with Crippen LogP contribution in [0.3, 0.4) is 0 Å². The molecule has 0 radical (unpaired) electrons. The van der Waals surface area contributed by atoms with Crippen molar-refractivity contribution >= 4 is 33.7 Å². The fourth-order valence-corrected chi connectivity index (χ4v) is 6.23. The zero-order valence-electron chi connectivity index (χ0n) is 10.7. The van der Waals surface area contributed by atoms with Crippen LogP contribution >= 0.6 is 23.1 Å². The van der Waals surface area contributed by atoms with Crippen LogP contribution in [0.25, 0.3) is 0 Å². The van der Waals surface area contributed by atoms with E-state index in [2.05, 4.69) is 15.9 Å². The predicted molar refractivity (Wildman–Crippen MR) is 84.3 cm³/mol. The smallest absolute Gasteiger partial charge is 0.158 e. The fraction of sp³-hybridized carbons (Fsp3) is 0.200. The van der Waals surface area contributed by atoms with Crippen molar-refractivity contribution in [3.63, 3.8) is 0 Å². The number of hydrogen-bond acceptors (Lipinski definition) is 2. The van der Waals surface area contributed by atoms with Crippen molar-refractivity contribution < 1.29 is 9.30 Å². The molecule has 0 bridgehead atoms. The molecule has 19 heavy (non-hydrogen) atoms. The number of hydrogen-bond donors (Lipinski definition) is 0. The maximum atomic E-state index is 13.6. The summed E-state index contributed by atoms with van der Waals surface area (Å²) < 4.78 is 18.5. The van der Waals surface area contributed by atoms with Gasteiger partial charge in [0.2, 0.25) is 0 Å². The Balaban J connectivity index is 2.54. The van der Waals surface area contributed by atoms with Gasteiger partial charge in [0.05, 0.1) is 11.2 Å². The second-order valence-electron chi connectivity index (χ2n) is 4.22. The Morgan fingerprint density at radius 1 is 1.00 bits per heavy atom. The predicted octanol–water partition coefficient (Wildman–Crippen LogP) is 3.37. The van der Waals surface area contributed by atoms with E-state index in [9.17, 15) is 4.57 Å². The van der Waals surface area contributed by atoms with Crippen molar-refractivity contribution in [3.05, 3.63) is 60.7 Å². The van der Waals surface area contributed by atoms with Gasteiger partial charge in [0.1, 0.15) is 0 Å². The van der Waals surface area contributed by atoms with E-state index in [0.29, 0.717) is 6.61 Å². The SMILES string of the molecule is COCC(Br)P(=O)(c1ccccc1)c1ccccc1. The third-order valence-corrected chi connectivity index (χ3v) is 8.04. The third kappa shape index (κ3) is 3.00. The molecular weight excluding hydrogens is 323 g/mol. The van der Waals surface area contributed by atoms with Crippen molar-refractivity contribution in [2.45, 2.75) is 4.57 Å². The molecular formula is C15H16BrO2P. The summed E-state index contributed by atoms with van der Waals surface area (Å²) in [5.74, 6) is 0. The monoisotopic (exact) mass is 338 g/mol. The van der Waals surface area contributed by atoms with Crippen LogP contribution in [-0.2, 0) is 9.30 Å². The van der Waals surface area contributed by atoms with Crippen LogP contribution in [0, 0.1) is 0 Å². The molecule has 0 fully saturated rings. The van der Waals surface area contributed by atoms with Crippen LogP contribution in [0.5, 0.6) is 0 Å². The lowest BCUT2D eigenvalue weighted by atomic mass is 10.4. The first-order valence-corrected chi connectivity index (χ1v) is 8.72. The van der Waals surface area contributed by atoms with E-state index >= 15 is 0 Å². The molecule has 1 unspecified atom stereocenters. The van der Waals surface area contributed by atoms with Crippen LogP contribution in [0.15, 0.2) is 60.7 Å². The van der Waals surface area contributed by atoms with E-state index in [0.717, 1.165) is 10.6 Å².